The van der Waals surface area contributed by atoms with Crippen LogP contribution in [0.5, 0.6) is 0 Å². The number of hydrogen-bond acceptors (Lipinski definition) is 5. The van der Waals surface area contributed by atoms with E-state index in [2.05, 4.69) is 0 Å². The molecule has 0 radical (unpaired) electrons. The molecule has 28 heavy (non-hydrogen) atoms. The smallest absolute Gasteiger partial charge is 0.408 e. The second kappa shape index (κ2) is 8.46. The maximum absolute atomic E-state index is 12.6. The van der Waals surface area contributed by atoms with Crippen LogP contribution in [0, 0.1) is 0 Å². The van der Waals surface area contributed by atoms with Crippen LogP contribution in [0.4, 0.5) is 0 Å². The number of hydrogen-bond donors (Lipinski definition) is 0. The third-order valence-corrected chi connectivity index (χ3v) is 7.26. The molecule has 0 atom stereocenters. The van der Waals surface area contributed by atoms with E-state index >= 15 is 0 Å². The Morgan fingerprint density at radius 3 is 2.39 bits per heavy atom. The summed E-state index contributed by atoms with van der Waals surface area (Å²) < 4.78 is 34.6. The van der Waals surface area contributed by atoms with Crippen LogP contribution < -0.4 is 5.76 Å². The Hall–Kier alpha value is -2.17. The molecule has 0 aliphatic carbocycles. The van der Waals surface area contributed by atoms with Crippen LogP contribution in [0.1, 0.15) is 20.3 Å². The maximum atomic E-state index is 12.6. The van der Waals surface area contributed by atoms with Crippen LogP contribution in [0.2, 0.25) is 0 Å². The molecule has 10 heteroatoms. The first-order chi connectivity index (χ1) is 13.4. The van der Waals surface area contributed by atoms with Crippen molar-refractivity contribution in [1.82, 2.24) is 18.1 Å². The average molecular weight is 410 g/mol. The zero-order valence-electron chi connectivity index (χ0n) is 16.2. The van der Waals surface area contributed by atoms with E-state index in [9.17, 15) is 18.0 Å². The van der Waals surface area contributed by atoms with Gasteiger partial charge >= 0.3 is 5.76 Å². The number of aryl methyl sites for hydroxylation is 1. The Balaban J connectivity index is 1.58. The molecule has 0 unspecified atom stereocenters. The summed E-state index contributed by atoms with van der Waals surface area (Å²) in [4.78, 5) is 26.2. The van der Waals surface area contributed by atoms with Crippen molar-refractivity contribution < 1.29 is 17.6 Å². The van der Waals surface area contributed by atoms with Gasteiger partial charge in [-0.3, -0.25) is 9.36 Å². The van der Waals surface area contributed by atoms with E-state index in [1.807, 2.05) is 19.9 Å². The van der Waals surface area contributed by atoms with Gasteiger partial charge in [0.25, 0.3) is 10.2 Å². The van der Waals surface area contributed by atoms with Gasteiger partial charge in [-0.1, -0.05) is 26.0 Å². The summed E-state index contributed by atoms with van der Waals surface area (Å²) in [7, 11) is -3.48. The molecule has 9 nitrogen and oxygen atoms in total. The average Bonchev–Trinajstić information content (AvgIpc) is 3.02. The minimum atomic E-state index is -3.48. The van der Waals surface area contributed by atoms with E-state index in [1.54, 1.807) is 23.1 Å². The van der Waals surface area contributed by atoms with E-state index in [0.717, 1.165) is 0 Å². The second-order valence-corrected chi connectivity index (χ2v) is 8.54. The Kier molecular flexibility index (Phi) is 6.21. The number of carbonyl (C=O) groups is 1. The number of fused-ring (bicyclic) bond motifs is 1. The highest BCUT2D eigenvalue weighted by atomic mass is 32.2. The number of nitrogens with zero attached hydrogens (tertiary/aromatic N) is 4. The summed E-state index contributed by atoms with van der Waals surface area (Å²) >= 11 is 0. The third kappa shape index (κ3) is 3.98. The van der Waals surface area contributed by atoms with Gasteiger partial charge in [0.15, 0.2) is 5.58 Å². The summed E-state index contributed by atoms with van der Waals surface area (Å²) in [5.41, 5.74) is 1.16. The molecule has 1 amide bonds. The number of carbonyl (C=O) groups excluding carboxylic acids is 1. The zero-order chi connectivity index (χ0) is 20.3. The number of oxazole rings is 1. The van der Waals surface area contributed by atoms with E-state index in [-0.39, 0.29) is 32.0 Å². The molecule has 1 aliphatic heterocycles. The largest absolute Gasteiger partial charge is 0.419 e. The number of aromatic nitrogens is 1. The minimum Gasteiger partial charge on any atom is -0.408 e. The monoisotopic (exact) mass is 410 g/mol. The summed E-state index contributed by atoms with van der Waals surface area (Å²) in [5, 5.41) is 0. The molecule has 154 valence electrons. The number of benzene rings is 1. The molecule has 0 N–H and O–H groups in total. The van der Waals surface area contributed by atoms with E-state index in [4.69, 9.17) is 4.42 Å². The van der Waals surface area contributed by atoms with Gasteiger partial charge in [-0.25, -0.2) is 4.79 Å². The van der Waals surface area contributed by atoms with E-state index in [0.29, 0.717) is 37.3 Å². The molecule has 1 aromatic carbocycles. The van der Waals surface area contributed by atoms with Crippen molar-refractivity contribution in [2.24, 2.45) is 0 Å². The molecule has 2 aromatic rings. The van der Waals surface area contributed by atoms with Crippen molar-refractivity contribution >= 4 is 27.2 Å². The van der Waals surface area contributed by atoms with Crippen molar-refractivity contribution in [3.8, 4) is 0 Å². The summed E-state index contributed by atoms with van der Waals surface area (Å²) in [6.07, 6.45) is 0.159. The summed E-state index contributed by atoms with van der Waals surface area (Å²) in [5.74, 6) is -0.582. The van der Waals surface area contributed by atoms with Gasteiger partial charge in [-0.05, 0) is 12.1 Å². The first-order valence-corrected chi connectivity index (χ1v) is 10.9. The number of piperazine rings is 1. The zero-order valence-corrected chi connectivity index (χ0v) is 17.0. The van der Waals surface area contributed by atoms with E-state index in [1.165, 1.54) is 13.2 Å². The van der Waals surface area contributed by atoms with Crippen LogP contribution in [-0.4, -0.2) is 71.7 Å². The van der Waals surface area contributed by atoms with Gasteiger partial charge in [0.05, 0.1) is 5.52 Å². The fourth-order valence-corrected chi connectivity index (χ4v) is 5.08. The lowest BCUT2D eigenvalue weighted by Gasteiger charge is -2.36. The molecule has 2 heterocycles. The van der Waals surface area contributed by atoms with Crippen LogP contribution >= 0.6 is 0 Å². The first-order valence-electron chi connectivity index (χ1n) is 9.49. The topological polar surface area (TPSA) is 96.1 Å². The summed E-state index contributed by atoms with van der Waals surface area (Å²) in [6.45, 7) is 5.94. The van der Waals surface area contributed by atoms with E-state index < -0.39 is 16.0 Å². The quantitative estimate of drug-likeness (QED) is 0.670. The molecule has 0 bridgehead atoms. The summed E-state index contributed by atoms with van der Waals surface area (Å²) in [6, 6.07) is 7.09. The number of para-hydroxylation sites is 2. The van der Waals surface area contributed by atoms with Crippen molar-refractivity contribution in [3.63, 3.8) is 0 Å². The fraction of sp³-hybridized carbons (Fsp3) is 0.556. The predicted molar refractivity (Wildman–Crippen MR) is 105 cm³/mol. The van der Waals surface area contributed by atoms with Gasteiger partial charge in [0, 0.05) is 52.2 Å². The Morgan fingerprint density at radius 2 is 1.75 bits per heavy atom. The Labute approximate surface area is 164 Å². The normalized spacial score (nSPS) is 16.2. The van der Waals surface area contributed by atoms with Crippen LogP contribution in [0.3, 0.4) is 0 Å². The number of rotatable bonds is 7. The molecule has 3 rings (SSSR count). The highest BCUT2D eigenvalue weighted by Crippen LogP contribution is 2.15. The van der Waals surface area contributed by atoms with Crippen LogP contribution in [0.25, 0.3) is 11.1 Å². The standard InChI is InChI=1S/C18H26N4O5S/c1-3-20(4-2)28(25,26)21-13-11-19(12-14-21)17(23)9-10-22-15-7-5-6-8-16(15)27-18(22)24/h5-8H,3-4,9-14H2,1-2H3. The molecule has 0 saturated carbocycles. The van der Waals surface area contributed by atoms with Gasteiger partial charge in [-0.2, -0.15) is 17.0 Å². The fourth-order valence-electron chi connectivity index (χ4n) is 3.47. The van der Waals surface area contributed by atoms with Gasteiger partial charge < -0.3 is 9.32 Å². The molecule has 1 aliphatic rings. The molecule has 1 saturated heterocycles. The lowest BCUT2D eigenvalue weighted by Crippen LogP contribution is -2.54. The Bertz CT molecular complexity index is 985. The predicted octanol–water partition coefficient (Wildman–Crippen LogP) is 0.715. The van der Waals surface area contributed by atoms with Crippen molar-refractivity contribution in [2.75, 3.05) is 39.3 Å². The molecule has 1 fully saturated rings. The van der Waals surface area contributed by atoms with Gasteiger partial charge in [0.1, 0.15) is 0 Å². The second-order valence-electron chi connectivity index (χ2n) is 6.61. The SMILES string of the molecule is CCN(CC)S(=O)(=O)N1CCN(C(=O)CCn2c(=O)oc3ccccc32)CC1. The lowest BCUT2D eigenvalue weighted by atomic mass is 10.3. The number of amides is 1. The molecular formula is C18H26N4O5S. The Morgan fingerprint density at radius 1 is 1.11 bits per heavy atom. The van der Waals surface area contributed by atoms with Crippen molar-refractivity contribution in [1.29, 1.82) is 0 Å². The lowest BCUT2D eigenvalue weighted by molar-refractivity contribution is -0.132. The minimum absolute atomic E-state index is 0.0999. The third-order valence-electron chi connectivity index (χ3n) is 5.07. The van der Waals surface area contributed by atoms with Gasteiger partial charge in [0.2, 0.25) is 5.91 Å². The molecule has 1 aromatic heterocycles. The first kappa shape index (κ1) is 20.6. The molecular weight excluding hydrogens is 384 g/mol. The molecule has 0 spiro atoms. The van der Waals surface area contributed by atoms with Crippen molar-refractivity contribution in [2.45, 2.75) is 26.8 Å². The maximum Gasteiger partial charge on any atom is 0.419 e. The highest BCUT2D eigenvalue weighted by Gasteiger charge is 2.32. The van der Waals surface area contributed by atoms with Gasteiger partial charge in [-0.15, -0.1) is 0 Å². The van der Waals surface area contributed by atoms with Crippen LogP contribution in [-0.2, 0) is 21.5 Å². The van der Waals surface area contributed by atoms with Crippen molar-refractivity contribution in [3.05, 3.63) is 34.8 Å². The highest BCUT2D eigenvalue weighted by molar-refractivity contribution is 7.86. The van der Waals surface area contributed by atoms with Crippen LogP contribution in [0.15, 0.2) is 33.5 Å².